The lowest BCUT2D eigenvalue weighted by Gasteiger charge is -2.56. The molecule has 5 rings (SSSR count). The quantitative estimate of drug-likeness (QED) is 0.641. The normalized spacial score (nSPS) is 32.9. The summed E-state index contributed by atoms with van der Waals surface area (Å²) in [5, 5.41) is 15.7. The van der Waals surface area contributed by atoms with Gasteiger partial charge in [0.1, 0.15) is 11.6 Å². The van der Waals surface area contributed by atoms with Gasteiger partial charge in [-0.25, -0.2) is 0 Å². The molecule has 4 bridgehead atoms. The number of nitrogens with zero attached hydrogens (tertiary/aromatic N) is 1. The summed E-state index contributed by atoms with van der Waals surface area (Å²) in [6, 6.07) is 11.8. The van der Waals surface area contributed by atoms with Gasteiger partial charge in [-0.15, -0.1) is 0 Å². The van der Waals surface area contributed by atoms with Crippen molar-refractivity contribution in [2.45, 2.75) is 50.6 Å². The van der Waals surface area contributed by atoms with Gasteiger partial charge in [-0.2, -0.15) is 5.26 Å². The van der Waals surface area contributed by atoms with E-state index in [1.165, 1.54) is 38.5 Å². The highest BCUT2D eigenvalue weighted by Crippen LogP contribution is 2.55. The molecule has 4 fully saturated rings. The maximum Gasteiger partial charge on any atom is 0.263 e. The minimum atomic E-state index is -0.302. The number of carbonyl (C=O) groups is 1. The van der Waals surface area contributed by atoms with E-state index in [0.717, 1.165) is 23.3 Å². The fourth-order valence-electron chi connectivity index (χ4n) is 5.53. The van der Waals surface area contributed by atoms with Crippen molar-refractivity contribution < 1.29 is 4.79 Å². The molecule has 1 amide bonds. The number of benzene rings is 1. The van der Waals surface area contributed by atoms with Gasteiger partial charge in [0, 0.05) is 18.3 Å². The molecule has 4 nitrogen and oxygen atoms in total. The fraction of sp³-hybridized carbons (Fsp3) is 0.524. The van der Waals surface area contributed by atoms with Gasteiger partial charge in [-0.05, 0) is 61.8 Å². The first-order chi connectivity index (χ1) is 12.2. The Kier molecular flexibility index (Phi) is 4.25. The van der Waals surface area contributed by atoms with Crippen molar-refractivity contribution in [3.8, 4) is 6.07 Å². The van der Waals surface area contributed by atoms with Crippen LogP contribution in [0.5, 0.6) is 0 Å². The van der Waals surface area contributed by atoms with Gasteiger partial charge in [-0.1, -0.05) is 30.3 Å². The lowest BCUT2D eigenvalue weighted by molar-refractivity contribution is -0.117. The van der Waals surface area contributed by atoms with E-state index in [0.29, 0.717) is 6.54 Å². The molecule has 2 N–H and O–H groups in total. The third-order valence-electron chi connectivity index (χ3n) is 6.22. The average Bonchev–Trinajstić information content (AvgIpc) is 2.60. The Labute approximate surface area is 149 Å². The second-order valence-electron chi connectivity index (χ2n) is 8.18. The van der Waals surface area contributed by atoms with E-state index in [-0.39, 0.29) is 17.0 Å². The van der Waals surface area contributed by atoms with Crippen LogP contribution in [0.1, 0.15) is 44.1 Å². The summed E-state index contributed by atoms with van der Waals surface area (Å²) in [5.74, 6) is 2.21. The van der Waals surface area contributed by atoms with Crippen molar-refractivity contribution in [3.05, 3.63) is 47.7 Å². The number of hydrogen-bond donors (Lipinski definition) is 2. The Morgan fingerprint density at radius 3 is 2.28 bits per heavy atom. The van der Waals surface area contributed by atoms with E-state index >= 15 is 0 Å². The molecule has 4 saturated carbocycles. The molecule has 0 saturated heterocycles. The van der Waals surface area contributed by atoms with Crippen LogP contribution in [-0.2, 0) is 11.3 Å². The first kappa shape index (κ1) is 16.2. The molecule has 1 aromatic rings. The van der Waals surface area contributed by atoms with E-state index in [4.69, 9.17) is 0 Å². The molecule has 4 aliphatic carbocycles. The summed E-state index contributed by atoms with van der Waals surface area (Å²) >= 11 is 0. The molecule has 0 unspecified atom stereocenters. The van der Waals surface area contributed by atoms with Gasteiger partial charge in [0.15, 0.2) is 0 Å². The molecule has 1 aromatic carbocycles. The zero-order valence-electron chi connectivity index (χ0n) is 14.5. The zero-order valence-corrected chi connectivity index (χ0v) is 14.5. The fourth-order valence-corrected chi connectivity index (χ4v) is 5.53. The maximum atomic E-state index is 12.3. The van der Waals surface area contributed by atoms with E-state index < -0.39 is 0 Å². The van der Waals surface area contributed by atoms with Crippen LogP contribution in [0.4, 0.5) is 0 Å². The van der Waals surface area contributed by atoms with Gasteiger partial charge in [-0.3, -0.25) is 4.79 Å². The predicted molar refractivity (Wildman–Crippen MR) is 96.0 cm³/mol. The van der Waals surface area contributed by atoms with Crippen molar-refractivity contribution >= 4 is 5.91 Å². The van der Waals surface area contributed by atoms with E-state index in [1.54, 1.807) is 6.20 Å². The number of nitriles is 1. The van der Waals surface area contributed by atoms with Crippen LogP contribution < -0.4 is 10.6 Å². The van der Waals surface area contributed by atoms with Crippen LogP contribution >= 0.6 is 0 Å². The van der Waals surface area contributed by atoms with Crippen molar-refractivity contribution in [1.82, 2.24) is 10.6 Å². The van der Waals surface area contributed by atoms with Gasteiger partial charge < -0.3 is 10.6 Å². The van der Waals surface area contributed by atoms with Crippen LogP contribution in [0.3, 0.4) is 0 Å². The highest BCUT2D eigenvalue weighted by atomic mass is 16.1. The summed E-state index contributed by atoms with van der Waals surface area (Å²) in [6.45, 7) is 0.441. The van der Waals surface area contributed by atoms with Gasteiger partial charge in [0.05, 0.1) is 0 Å². The van der Waals surface area contributed by atoms with E-state index in [9.17, 15) is 10.1 Å². The Morgan fingerprint density at radius 2 is 1.72 bits per heavy atom. The van der Waals surface area contributed by atoms with Crippen molar-refractivity contribution in [3.63, 3.8) is 0 Å². The largest absolute Gasteiger partial charge is 0.384 e. The molecule has 130 valence electrons. The molecule has 0 atom stereocenters. The molecule has 0 heterocycles. The highest BCUT2D eigenvalue weighted by Gasteiger charge is 2.50. The van der Waals surface area contributed by atoms with Crippen LogP contribution in [0.2, 0.25) is 0 Å². The van der Waals surface area contributed by atoms with Crippen LogP contribution in [0.25, 0.3) is 0 Å². The second kappa shape index (κ2) is 6.55. The molecule has 0 aliphatic heterocycles. The van der Waals surface area contributed by atoms with E-state index in [2.05, 4.69) is 16.7 Å². The Balaban J connectivity index is 1.39. The number of carbonyl (C=O) groups excluding carboxylic acids is 1. The van der Waals surface area contributed by atoms with Gasteiger partial charge in [0.25, 0.3) is 5.91 Å². The zero-order chi connectivity index (χ0) is 17.3. The number of nitrogens with one attached hydrogen (secondary N) is 2. The van der Waals surface area contributed by atoms with Crippen molar-refractivity contribution in [2.75, 3.05) is 0 Å². The predicted octanol–water partition coefficient (Wildman–Crippen LogP) is 3.27. The first-order valence-electron chi connectivity index (χ1n) is 9.36. The lowest BCUT2D eigenvalue weighted by Crippen LogP contribution is -2.57. The molecule has 25 heavy (non-hydrogen) atoms. The number of rotatable bonds is 5. The van der Waals surface area contributed by atoms with Gasteiger partial charge >= 0.3 is 0 Å². The molecule has 4 aliphatic rings. The highest BCUT2D eigenvalue weighted by molar-refractivity contribution is 5.97. The van der Waals surface area contributed by atoms with E-state index in [1.807, 2.05) is 30.3 Å². The van der Waals surface area contributed by atoms with Crippen molar-refractivity contribution in [1.29, 1.82) is 5.26 Å². The maximum absolute atomic E-state index is 12.3. The van der Waals surface area contributed by atoms with Crippen LogP contribution in [0, 0.1) is 29.1 Å². The van der Waals surface area contributed by atoms with Crippen LogP contribution in [0.15, 0.2) is 42.1 Å². The summed E-state index contributed by atoms with van der Waals surface area (Å²) in [5.41, 5.74) is 1.32. The Bertz CT molecular complexity index is 681. The average molecular weight is 335 g/mol. The lowest BCUT2D eigenvalue weighted by atomic mass is 9.53. The molecule has 0 aromatic heterocycles. The molecule has 0 spiro atoms. The topological polar surface area (TPSA) is 64.9 Å². The summed E-state index contributed by atoms with van der Waals surface area (Å²) < 4.78 is 0. The smallest absolute Gasteiger partial charge is 0.263 e. The SMILES string of the molecule is N#C/C(=C/NC12CC3CC(CC(C3)C1)C2)C(=O)NCc1ccccc1. The van der Waals surface area contributed by atoms with Crippen LogP contribution in [-0.4, -0.2) is 11.4 Å². The minimum Gasteiger partial charge on any atom is -0.384 e. The van der Waals surface area contributed by atoms with Crippen molar-refractivity contribution in [2.24, 2.45) is 17.8 Å². The number of hydrogen-bond acceptors (Lipinski definition) is 3. The third-order valence-corrected chi connectivity index (χ3v) is 6.22. The Morgan fingerprint density at radius 1 is 1.12 bits per heavy atom. The summed E-state index contributed by atoms with van der Waals surface area (Å²) in [7, 11) is 0. The third kappa shape index (κ3) is 3.42. The summed E-state index contributed by atoms with van der Waals surface area (Å²) in [6.07, 6.45) is 9.40. The Hall–Kier alpha value is -2.28. The monoisotopic (exact) mass is 335 g/mol. The molecular formula is C21H25N3O. The summed E-state index contributed by atoms with van der Waals surface area (Å²) in [4.78, 5) is 12.3. The standard InChI is InChI=1S/C21H25N3O/c22-12-19(20(25)23-13-15-4-2-1-3-5-15)14-24-21-9-16-6-17(10-21)8-18(7-16)11-21/h1-5,14,16-18,24H,6-11,13H2,(H,23,25)/b19-14-. The molecule has 0 radical (unpaired) electrons. The second-order valence-corrected chi connectivity index (χ2v) is 8.18. The minimum absolute atomic E-state index is 0.122. The molecular weight excluding hydrogens is 310 g/mol. The first-order valence-corrected chi connectivity index (χ1v) is 9.36. The molecule has 4 heteroatoms. The van der Waals surface area contributed by atoms with Gasteiger partial charge in [0.2, 0.25) is 0 Å². The number of amides is 1.